The van der Waals surface area contributed by atoms with Crippen molar-refractivity contribution in [1.29, 1.82) is 0 Å². The van der Waals surface area contributed by atoms with Gasteiger partial charge in [0, 0.05) is 25.0 Å². The summed E-state index contributed by atoms with van der Waals surface area (Å²) in [6, 6.07) is 16.0. The number of nitrogens with two attached hydrogens (primary N) is 1. The number of hydrogen-bond donors (Lipinski definition) is 1. The summed E-state index contributed by atoms with van der Waals surface area (Å²) in [5.74, 6) is -0.197. The molecule has 1 saturated carbocycles. The Balaban J connectivity index is 0.00000208. The van der Waals surface area contributed by atoms with Gasteiger partial charge in [0.25, 0.3) is 0 Å². The van der Waals surface area contributed by atoms with E-state index in [4.69, 9.17) is 5.73 Å². The zero-order valence-corrected chi connectivity index (χ0v) is 14.2. The highest BCUT2D eigenvalue weighted by molar-refractivity contribution is 5.85. The predicted octanol–water partition coefficient (Wildman–Crippen LogP) is 3.83. The number of benzene rings is 2. The van der Waals surface area contributed by atoms with Crippen molar-refractivity contribution in [2.24, 2.45) is 5.73 Å². The number of carbonyl (C=O) groups excluding carboxylic acids is 1. The van der Waals surface area contributed by atoms with Crippen LogP contribution < -0.4 is 5.73 Å². The molecule has 3 rings (SSSR count). The van der Waals surface area contributed by atoms with Crippen LogP contribution in [-0.4, -0.2) is 16.8 Å². The molecule has 1 aliphatic carbocycles. The fourth-order valence-corrected chi connectivity index (χ4v) is 2.72. The van der Waals surface area contributed by atoms with Crippen LogP contribution in [-0.2, 0) is 11.3 Å². The SMILES string of the molecule is Cl.NC(CC(=O)N(Cc1ccc(F)cc1)C1CC1)c1ccccc1. The Morgan fingerprint density at radius 2 is 1.75 bits per heavy atom. The third kappa shape index (κ3) is 4.79. The highest BCUT2D eigenvalue weighted by atomic mass is 35.5. The molecule has 0 radical (unpaired) electrons. The molecule has 1 aliphatic rings. The Bertz CT molecular complexity index is 659. The Labute approximate surface area is 148 Å². The molecule has 0 spiro atoms. The molecule has 0 saturated heterocycles. The molecular formula is C19H22ClFN2O. The van der Waals surface area contributed by atoms with Gasteiger partial charge in [-0.2, -0.15) is 0 Å². The highest BCUT2D eigenvalue weighted by Crippen LogP contribution is 2.30. The standard InChI is InChI=1S/C19H21FN2O.ClH/c20-16-8-6-14(7-9-16)13-22(17-10-11-17)19(23)12-18(21)15-4-2-1-3-5-15;/h1-9,17-18H,10-13,21H2;1H. The number of hydrogen-bond acceptors (Lipinski definition) is 2. The van der Waals surface area contributed by atoms with Gasteiger partial charge in [-0.25, -0.2) is 4.39 Å². The van der Waals surface area contributed by atoms with Crippen LogP contribution in [0.5, 0.6) is 0 Å². The van der Waals surface area contributed by atoms with E-state index < -0.39 is 0 Å². The van der Waals surface area contributed by atoms with Crippen molar-refractivity contribution < 1.29 is 9.18 Å². The molecule has 0 aliphatic heterocycles. The molecule has 1 amide bonds. The first-order chi connectivity index (χ1) is 11.1. The van der Waals surface area contributed by atoms with Gasteiger partial charge < -0.3 is 10.6 Å². The monoisotopic (exact) mass is 348 g/mol. The minimum Gasteiger partial charge on any atom is -0.335 e. The lowest BCUT2D eigenvalue weighted by atomic mass is 10.0. The van der Waals surface area contributed by atoms with Crippen molar-refractivity contribution in [2.75, 3.05) is 0 Å². The van der Waals surface area contributed by atoms with Crippen LogP contribution in [0, 0.1) is 5.82 Å². The van der Waals surface area contributed by atoms with E-state index in [1.54, 1.807) is 12.1 Å². The maximum atomic E-state index is 13.0. The average molecular weight is 349 g/mol. The van der Waals surface area contributed by atoms with Gasteiger partial charge >= 0.3 is 0 Å². The van der Waals surface area contributed by atoms with Crippen LogP contribution in [0.15, 0.2) is 54.6 Å². The van der Waals surface area contributed by atoms with Gasteiger partial charge in [0.05, 0.1) is 0 Å². The minimum absolute atomic E-state index is 0. The molecule has 5 heteroatoms. The second-order valence-electron chi connectivity index (χ2n) is 6.10. The number of carbonyl (C=O) groups is 1. The van der Waals surface area contributed by atoms with Gasteiger partial charge in [0.15, 0.2) is 0 Å². The molecule has 1 unspecified atom stereocenters. The summed E-state index contributed by atoms with van der Waals surface area (Å²) in [5.41, 5.74) is 8.09. The quantitative estimate of drug-likeness (QED) is 0.862. The predicted molar refractivity (Wildman–Crippen MR) is 95.2 cm³/mol. The van der Waals surface area contributed by atoms with Gasteiger partial charge in [-0.3, -0.25) is 4.79 Å². The smallest absolute Gasteiger partial charge is 0.225 e. The lowest BCUT2D eigenvalue weighted by molar-refractivity contribution is -0.132. The molecule has 128 valence electrons. The van der Waals surface area contributed by atoms with E-state index in [1.165, 1.54) is 12.1 Å². The minimum atomic E-state index is -0.293. The first-order valence-electron chi connectivity index (χ1n) is 7.98. The molecule has 0 heterocycles. The second-order valence-corrected chi connectivity index (χ2v) is 6.10. The van der Waals surface area contributed by atoms with Gasteiger partial charge in [0.1, 0.15) is 5.82 Å². The topological polar surface area (TPSA) is 46.3 Å². The van der Waals surface area contributed by atoms with Crippen LogP contribution in [0.25, 0.3) is 0 Å². The van der Waals surface area contributed by atoms with E-state index in [-0.39, 0.29) is 30.2 Å². The number of nitrogens with zero attached hydrogens (tertiary/aromatic N) is 1. The summed E-state index contributed by atoms with van der Waals surface area (Å²) in [4.78, 5) is 14.5. The van der Waals surface area contributed by atoms with E-state index in [0.717, 1.165) is 24.0 Å². The summed E-state index contributed by atoms with van der Waals surface area (Å²) in [7, 11) is 0. The summed E-state index contributed by atoms with van der Waals surface area (Å²) in [6.45, 7) is 0.519. The van der Waals surface area contributed by atoms with Crippen LogP contribution >= 0.6 is 12.4 Å². The van der Waals surface area contributed by atoms with Crippen LogP contribution in [0.4, 0.5) is 4.39 Å². The molecule has 0 bridgehead atoms. The Morgan fingerprint density at radius 1 is 1.12 bits per heavy atom. The average Bonchev–Trinajstić information content (AvgIpc) is 3.39. The molecule has 2 aromatic rings. The first-order valence-corrected chi connectivity index (χ1v) is 7.98. The zero-order chi connectivity index (χ0) is 16.2. The highest BCUT2D eigenvalue weighted by Gasteiger charge is 2.33. The Hall–Kier alpha value is -1.91. The van der Waals surface area contributed by atoms with Crippen molar-refractivity contribution in [3.05, 3.63) is 71.5 Å². The molecule has 1 atom stereocenters. The number of rotatable bonds is 6. The van der Waals surface area contributed by atoms with Crippen molar-refractivity contribution in [3.8, 4) is 0 Å². The molecule has 3 nitrogen and oxygen atoms in total. The van der Waals surface area contributed by atoms with E-state index in [1.807, 2.05) is 35.2 Å². The second kappa shape index (κ2) is 8.27. The molecular weight excluding hydrogens is 327 g/mol. The summed E-state index contributed by atoms with van der Waals surface area (Å²) < 4.78 is 13.0. The fourth-order valence-electron chi connectivity index (χ4n) is 2.72. The van der Waals surface area contributed by atoms with Crippen molar-refractivity contribution in [3.63, 3.8) is 0 Å². The van der Waals surface area contributed by atoms with E-state index >= 15 is 0 Å². The summed E-state index contributed by atoms with van der Waals surface area (Å²) in [5, 5.41) is 0. The molecule has 2 N–H and O–H groups in total. The van der Waals surface area contributed by atoms with Crippen LogP contribution in [0.2, 0.25) is 0 Å². The maximum Gasteiger partial charge on any atom is 0.225 e. The zero-order valence-electron chi connectivity index (χ0n) is 13.4. The van der Waals surface area contributed by atoms with Crippen LogP contribution in [0.3, 0.4) is 0 Å². The third-order valence-corrected chi connectivity index (χ3v) is 4.20. The summed E-state index contributed by atoms with van der Waals surface area (Å²) >= 11 is 0. The fraction of sp³-hybridized carbons (Fsp3) is 0.316. The van der Waals surface area contributed by atoms with Gasteiger partial charge in [-0.15, -0.1) is 12.4 Å². The normalized spacial score (nSPS) is 14.6. The van der Waals surface area contributed by atoms with E-state index in [2.05, 4.69) is 0 Å². The van der Waals surface area contributed by atoms with Crippen molar-refractivity contribution in [2.45, 2.75) is 37.9 Å². The number of amides is 1. The molecule has 24 heavy (non-hydrogen) atoms. The third-order valence-electron chi connectivity index (χ3n) is 4.20. The molecule has 1 fully saturated rings. The van der Waals surface area contributed by atoms with E-state index in [0.29, 0.717) is 19.0 Å². The molecule has 2 aromatic carbocycles. The van der Waals surface area contributed by atoms with Gasteiger partial charge in [0.2, 0.25) is 5.91 Å². The van der Waals surface area contributed by atoms with E-state index in [9.17, 15) is 9.18 Å². The van der Waals surface area contributed by atoms with Crippen molar-refractivity contribution in [1.82, 2.24) is 4.90 Å². The lowest BCUT2D eigenvalue weighted by Gasteiger charge is -2.24. The Kier molecular flexibility index (Phi) is 6.35. The molecule has 0 aromatic heterocycles. The van der Waals surface area contributed by atoms with Crippen LogP contribution in [0.1, 0.15) is 36.4 Å². The Morgan fingerprint density at radius 3 is 2.33 bits per heavy atom. The van der Waals surface area contributed by atoms with Gasteiger partial charge in [-0.1, -0.05) is 42.5 Å². The van der Waals surface area contributed by atoms with Crippen molar-refractivity contribution >= 4 is 18.3 Å². The lowest BCUT2D eigenvalue weighted by Crippen LogP contribution is -2.34. The summed E-state index contributed by atoms with van der Waals surface area (Å²) in [6.07, 6.45) is 2.36. The number of halogens is 2. The maximum absolute atomic E-state index is 13.0. The first kappa shape index (κ1) is 18.4. The largest absolute Gasteiger partial charge is 0.335 e. The van der Waals surface area contributed by atoms with Gasteiger partial charge in [-0.05, 0) is 36.1 Å².